The van der Waals surface area contributed by atoms with E-state index in [1.807, 2.05) is 10.9 Å². The molecule has 2 aromatic rings. The average Bonchev–Trinajstić information content (AvgIpc) is 3.18. The summed E-state index contributed by atoms with van der Waals surface area (Å²) in [5.74, 6) is 1.51. The summed E-state index contributed by atoms with van der Waals surface area (Å²) in [7, 11) is 0. The van der Waals surface area contributed by atoms with Crippen molar-refractivity contribution >= 4 is 11.5 Å². The van der Waals surface area contributed by atoms with Crippen LogP contribution in [0.25, 0.3) is 11.1 Å². The highest BCUT2D eigenvalue weighted by atomic mass is 16.3. The molecule has 1 unspecified atom stereocenters. The lowest BCUT2D eigenvalue weighted by molar-refractivity contribution is 0.245. The van der Waals surface area contributed by atoms with Gasteiger partial charge in [0, 0.05) is 31.4 Å². The van der Waals surface area contributed by atoms with Gasteiger partial charge in [0.05, 0.1) is 11.9 Å². The summed E-state index contributed by atoms with van der Waals surface area (Å²) in [6.07, 6.45) is 5.58. The van der Waals surface area contributed by atoms with Crippen LogP contribution >= 0.6 is 0 Å². The molecule has 5 heteroatoms. The van der Waals surface area contributed by atoms with Crippen molar-refractivity contribution in [1.29, 1.82) is 0 Å². The van der Waals surface area contributed by atoms with E-state index in [0.29, 0.717) is 5.92 Å². The van der Waals surface area contributed by atoms with Gasteiger partial charge in [-0.25, -0.2) is 4.99 Å². The van der Waals surface area contributed by atoms with Gasteiger partial charge in [-0.1, -0.05) is 19.9 Å². The van der Waals surface area contributed by atoms with Crippen molar-refractivity contribution in [2.45, 2.75) is 45.9 Å². The summed E-state index contributed by atoms with van der Waals surface area (Å²) < 4.78 is 2.03. The molecule has 1 atom stereocenters. The molecule has 3 heterocycles. The van der Waals surface area contributed by atoms with Crippen LogP contribution in [0.3, 0.4) is 0 Å². The molecule has 1 N–H and O–H groups in total. The summed E-state index contributed by atoms with van der Waals surface area (Å²) in [6, 6.07) is 6.37. The Bertz CT molecular complexity index is 777. The van der Waals surface area contributed by atoms with E-state index in [-0.39, 0.29) is 0 Å². The number of hydrogen-bond acceptors (Lipinski definition) is 4. The van der Waals surface area contributed by atoms with Gasteiger partial charge in [0.15, 0.2) is 0 Å². The first-order chi connectivity index (χ1) is 11.6. The highest BCUT2D eigenvalue weighted by molar-refractivity contribution is 5.92. The highest BCUT2D eigenvalue weighted by Gasteiger charge is 2.31. The van der Waals surface area contributed by atoms with Crippen molar-refractivity contribution in [2.24, 2.45) is 10.9 Å². The number of aliphatic hydroxyl groups is 1. The Morgan fingerprint density at radius 2 is 2.17 bits per heavy atom. The topological polar surface area (TPSA) is 53.6 Å². The molecular weight excluding hydrogens is 300 g/mol. The first kappa shape index (κ1) is 15.4. The van der Waals surface area contributed by atoms with Gasteiger partial charge in [-0.3, -0.25) is 4.68 Å². The fourth-order valence-corrected chi connectivity index (χ4v) is 3.39. The number of rotatable bonds is 4. The first-order valence-corrected chi connectivity index (χ1v) is 8.77. The Hall–Kier alpha value is -2.14. The van der Waals surface area contributed by atoms with E-state index < -0.39 is 6.10 Å². The van der Waals surface area contributed by atoms with Crippen molar-refractivity contribution in [2.75, 3.05) is 6.54 Å². The van der Waals surface area contributed by atoms with Crippen molar-refractivity contribution in [3.63, 3.8) is 0 Å². The van der Waals surface area contributed by atoms with Crippen LogP contribution in [-0.4, -0.2) is 38.3 Å². The fourth-order valence-electron chi connectivity index (χ4n) is 3.39. The van der Waals surface area contributed by atoms with E-state index in [0.717, 1.165) is 49.6 Å². The van der Waals surface area contributed by atoms with Crippen molar-refractivity contribution in [3.8, 4) is 11.1 Å². The summed E-state index contributed by atoms with van der Waals surface area (Å²) in [6.45, 7) is 7.15. The zero-order chi connectivity index (χ0) is 16.7. The second-order valence-electron chi connectivity index (χ2n) is 7.21. The molecule has 0 bridgehead atoms. The van der Waals surface area contributed by atoms with Gasteiger partial charge in [0.1, 0.15) is 11.9 Å². The van der Waals surface area contributed by atoms with Crippen LogP contribution < -0.4 is 0 Å². The van der Waals surface area contributed by atoms with Crippen LogP contribution in [0.1, 0.15) is 32.3 Å². The number of benzene rings is 1. The summed E-state index contributed by atoms with van der Waals surface area (Å²) in [5, 5.41) is 14.5. The zero-order valence-electron chi connectivity index (χ0n) is 14.3. The van der Waals surface area contributed by atoms with Gasteiger partial charge in [0.25, 0.3) is 0 Å². The van der Waals surface area contributed by atoms with Crippen LogP contribution in [0.15, 0.2) is 35.6 Å². The zero-order valence-corrected chi connectivity index (χ0v) is 14.3. The molecular formula is C19H24N4O. The molecule has 2 aliphatic rings. The molecule has 1 saturated heterocycles. The third-order valence-corrected chi connectivity index (χ3v) is 4.87. The minimum atomic E-state index is -0.406. The van der Waals surface area contributed by atoms with Crippen molar-refractivity contribution in [3.05, 3.63) is 36.2 Å². The Morgan fingerprint density at radius 1 is 1.29 bits per heavy atom. The van der Waals surface area contributed by atoms with E-state index in [4.69, 9.17) is 0 Å². The second-order valence-corrected chi connectivity index (χ2v) is 7.21. The van der Waals surface area contributed by atoms with E-state index in [1.54, 1.807) is 0 Å². The summed E-state index contributed by atoms with van der Waals surface area (Å²) in [4.78, 5) is 6.83. The molecule has 0 aliphatic carbocycles. The van der Waals surface area contributed by atoms with Crippen LogP contribution in [0.4, 0.5) is 5.69 Å². The average molecular weight is 324 g/mol. The maximum Gasteiger partial charge on any atom is 0.134 e. The largest absolute Gasteiger partial charge is 0.385 e. The maximum absolute atomic E-state index is 9.99. The molecule has 2 aliphatic heterocycles. The predicted molar refractivity (Wildman–Crippen MR) is 95.2 cm³/mol. The van der Waals surface area contributed by atoms with Gasteiger partial charge in [-0.15, -0.1) is 0 Å². The number of aliphatic imine (C=N–C) groups is 1. The molecule has 0 amide bonds. The number of aliphatic hydroxyl groups excluding tert-OH is 1. The highest BCUT2D eigenvalue weighted by Crippen LogP contribution is 2.33. The SMILES string of the molecule is CC(C)CCn1cc(-c2ccc3c(c2)CN2CCC(O)C2=N3)cn1. The van der Waals surface area contributed by atoms with Gasteiger partial charge >= 0.3 is 0 Å². The van der Waals surface area contributed by atoms with Crippen LogP contribution in [-0.2, 0) is 13.1 Å². The second kappa shape index (κ2) is 6.06. The molecule has 1 aromatic heterocycles. The minimum absolute atomic E-state index is 0.406. The molecule has 1 fully saturated rings. The quantitative estimate of drug-likeness (QED) is 0.939. The molecule has 24 heavy (non-hydrogen) atoms. The van der Waals surface area contributed by atoms with E-state index in [2.05, 4.69) is 53.2 Å². The normalized spacial score (nSPS) is 19.4. The minimum Gasteiger partial charge on any atom is -0.385 e. The van der Waals surface area contributed by atoms with Gasteiger partial charge in [-0.05, 0) is 42.0 Å². The number of aryl methyl sites for hydroxylation is 1. The van der Waals surface area contributed by atoms with Crippen LogP contribution in [0.5, 0.6) is 0 Å². The number of nitrogens with zero attached hydrogens (tertiary/aromatic N) is 4. The lowest BCUT2D eigenvalue weighted by atomic mass is 10.0. The van der Waals surface area contributed by atoms with E-state index >= 15 is 0 Å². The predicted octanol–water partition coefficient (Wildman–Crippen LogP) is 3.21. The number of fused-ring (bicyclic) bond motifs is 2. The molecule has 0 saturated carbocycles. The standard InChI is InChI=1S/C19H24N4O/c1-13(2)5-8-23-12-16(10-20-23)14-3-4-17-15(9-14)11-22-7-6-18(24)19(22)21-17/h3-4,9-10,12-13,18,24H,5-8,11H2,1-2H3. The Balaban J connectivity index is 1.58. The number of hydrogen-bond donors (Lipinski definition) is 1. The number of aromatic nitrogens is 2. The van der Waals surface area contributed by atoms with Gasteiger partial charge < -0.3 is 10.0 Å². The summed E-state index contributed by atoms with van der Waals surface area (Å²) >= 11 is 0. The van der Waals surface area contributed by atoms with Crippen molar-refractivity contribution < 1.29 is 5.11 Å². The van der Waals surface area contributed by atoms with Crippen LogP contribution in [0.2, 0.25) is 0 Å². The third kappa shape index (κ3) is 2.84. The van der Waals surface area contributed by atoms with Gasteiger partial charge in [-0.2, -0.15) is 5.10 Å². The van der Waals surface area contributed by atoms with E-state index in [9.17, 15) is 5.11 Å². The molecule has 0 radical (unpaired) electrons. The maximum atomic E-state index is 9.99. The number of amidine groups is 1. The Kier molecular flexibility index (Phi) is 3.88. The van der Waals surface area contributed by atoms with Crippen LogP contribution in [0, 0.1) is 5.92 Å². The summed E-state index contributed by atoms with van der Waals surface area (Å²) in [5.41, 5.74) is 4.54. The van der Waals surface area contributed by atoms with E-state index in [1.165, 1.54) is 11.1 Å². The molecule has 126 valence electrons. The smallest absolute Gasteiger partial charge is 0.134 e. The fraction of sp³-hybridized carbons (Fsp3) is 0.474. The first-order valence-electron chi connectivity index (χ1n) is 8.77. The Labute approximate surface area is 142 Å². The van der Waals surface area contributed by atoms with Crippen molar-refractivity contribution in [1.82, 2.24) is 14.7 Å². The third-order valence-electron chi connectivity index (χ3n) is 4.87. The lowest BCUT2D eigenvalue weighted by Crippen LogP contribution is -2.31. The lowest BCUT2D eigenvalue weighted by Gasteiger charge is -2.25. The molecule has 1 aromatic carbocycles. The van der Waals surface area contributed by atoms with Gasteiger partial charge in [0.2, 0.25) is 0 Å². The monoisotopic (exact) mass is 324 g/mol. The molecule has 4 rings (SSSR count). The molecule has 5 nitrogen and oxygen atoms in total. The Morgan fingerprint density at radius 3 is 3.00 bits per heavy atom. The molecule has 0 spiro atoms.